The predicted octanol–water partition coefficient (Wildman–Crippen LogP) is 20.2. The summed E-state index contributed by atoms with van der Waals surface area (Å²) >= 11 is 0. The molecule has 2 heterocycles. The first-order valence-corrected chi connectivity index (χ1v) is 25.6. The number of hydrogen-bond donors (Lipinski definition) is 0. The van der Waals surface area contributed by atoms with Crippen molar-refractivity contribution in [1.82, 2.24) is 0 Å². The number of rotatable bonds is 6. The summed E-state index contributed by atoms with van der Waals surface area (Å²) in [7, 11) is 0. The quantitative estimate of drug-likeness (QED) is 0.156. The van der Waals surface area contributed by atoms with Crippen molar-refractivity contribution in [1.29, 1.82) is 0 Å². The van der Waals surface area contributed by atoms with Crippen molar-refractivity contribution in [2.75, 3.05) is 9.80 Å². The molecule has 4 nitrogen and oxygen atoms in total. The largest absolute Gasteiger partial charge is 0.456 e. The van der Waals surface area contributed by atoms with Gasteiger partial charge in [0.05, 0.1) is 5.69 Å². The lowest BCUT2D eigenvalue weighted by atomic mass is 9.49. The second kappa shape index (κ2) is 15.7. The molecule has 352 valence electrons. The van der Waals surface area contributed by atoms with Crippen LogP contribution in [0, 0.1) is 10.8 Å². The summed E-state index contributed by atoms with van der Waals surface area (Å²) in [6, 6.07) is 79.7. The molecular formula is C69H54N2O2. The zero-order valence-electron chi connectivity index (χ0n) is 42.0. The van der Waals surface area contributed by atoms with Gasteiger partial charge in [0.1, 0.15) is 22.3 Å². The third-order valence-electron chi connectivity index (χ3n) is 16.1. The van der Waals surface area contributed by atoms with Crippen LogP contribution in [0.5, 0.6) is 0 Å². The highest BCUT2D eigenvalue weighted by atomic mass is 16.3. The van der Waals surface area contributed by atoms with Crippen LogP contribution in [0.15, 0.2) is 227 Å². The lowest BCUT2D eigenvalue weighted by Gasteiger charge is -2.53. The highest BCUT2D eigenvalue weighted by molar-refractivity contribution is 6.23. The molecular weight excluding hydrogens is 889 g/mol. The molecule has 4 heteroatoms. The van der Waals surface area contributed by atoms with Gasteiger partial charge in [-0.05, 0) is 139 Å². The van der Waals surface area contributed by atoms with Crippen LogP contribution in [0.2, 0.25) is 0 Å². The van der Waals surface area contributed by atoms with Crippen LogP contribution in [-0.4, -0.2) is 0 Å². The van der Waals surface area contributed by atoms with Gasteiger partial charge in [-0.15, -0.1) is 0 Å². The summed E-state index contributed by atoms with van der Waals surface area (Å²) in [6.07, 6.45) is 0. The van der Waals surface area contributed by atoms with Crippen LogP contribution < -0.4 is 9.80 Å². The lowest BCUT2D eigenvalue weighted by Crippen LogP contribution is -2.50. The van der Waals surface area contributed by atoms with Crippen LogP contribution >= 0.6 is 0 Å². The fraction of sp³-hybridized carbons (Fsp3) is 0.130. The van der Waals surface area contributed by atoms with Gasteiger partial charge in [0.25, 0.3) is 0 Å². The molecule has 13 aromatic rings. The summed E-state index contributed by atoms with van der Waals surface area (Å²) in [5.74, 6) is 0. The molecule has 0 saturated heterocycles. The third kappa shape index (κ3) is 6.20. The van der Waals surface area contributed by atoms with Crippen LogP contribution in [-0.2, 0) is 5.41 Å². The summed E-state index contributed by atoms with van der Waals surface area (Å²) in [4.78, 5) is 4.84. The molecule has 0 atom stereocenters. The normalized spacial score (nSPS) is 13.5. The molecule has 0 saturated carbocycles. The average molecular weight is 943 g/mol. The molecule has 0 unspecified atom stereocenters. The Hall–Kier alpha value is -8.60. The number of furan rings is 2. The Morgan fingerprint density at radius 1 is 0.301 bits per heavy atom. The van der Waals surface area contributed by atoms with E-state index in [0.29, 0.717) is 0 Å². The fourth-order valence-corrected chi connectivity index (χ4v) is 13.6. The second-order valence-corrected chi connectivity index (χ2v) is 22.0. The van der Waals surface area contributed by atoms with E-state index < -0.39 is 5.41 Å². The molecule has 11 aromatic carbocycles. The van der Waals surface area contributed by atoms with E-state index in [1.165, 1.54) is 54.6 Å². The Morgan fingerprint density at radius 2 is 0.712 bits per heavy atom. The zero-order chi connectivity index (χ0) is 49.4. The summed E-state index contributed by atoms with van der Waals surface area (Å²) in [6.45, 7) is 14.8. The van der Waals surface area contributed by atoms with Crippen LogP contribution in [0.25, 0.3) is 87.3 Å². The Bertz CT molecular complexity index is 4340. The topological polar surface area (TPSA) is 32.8 Å². The first-order chi connectivity index (χ1) is 35.5. The Balaban J connectivity index is 1.06. The molecule has 1 aliphatic carbocycles. The Morgan fingerprint density at radius 3 is 1.26 bits per heavy atom. The monoisotopic (exact) mass is 942 g/mol. The SMILES string of the molecule is CC(C)(C)C1(C(C)(C)C)c2cc(N(c3ccccc3)c3ccc4c(c3)oc3ccccc34)c3ccccc3c2-c2c1c1ccc(N(c3ccccc3)c3ccc4c(c3)oc3ccccc34)cc1c1ccccc21. The van der Waals surface area contributed by atoms with Crippen molar-refractivity contribution in [3.05, 3.63) is 230 Å². The van der Waals surface area contributed by atoms with Crippen molar-refractivity contribution in [2.45, 2.75) is 47.0 Å². The molecule has 0 spiro atoms. The molecule has 0 bridgehead atoms. The maximum absolute atomic E-state index is 6.59. The van der Waals surface area contributed by atoms with Crippen molar-refractivity contribution in [3.63, 3.8) is 0 Å². The molecule has 0 amide bonds. The van der Waals surface area contributed by atoms with E-state index in [-0.39, 0.29) is 10.8 Å². The minimum absolute atomic E-state index is 0.262. The first kappa shape index (κ1) is 43.2. The molecule has 0 N–H and O–H groups in total. The number of hydrogen-bond acceptors (Lipinski definition) is 4. The number of para-hydroxylation sites is 4. The van der Waals surface area contributed by atoms with Gasteiger partial charge in [-0.1, -0.05) is 169 Å². The molecule has 73 heavy (non-hydrogen) atoms. The molecule has 14 rings (SSSR count). The van der Waals surface area contributed by atoms with Gasteiger partial charge in [0, 0.05) is 72.9 Å². The smallest absolute Gasteiger partial charge is 0.137 e. The maximum Gasteiger partial charge on any atom is 0.137 e. The highest BCUT2D eigenvalue weighted by Crippen LogP contribution is 2.69. The van der Waals surface area contributed by atoms with Crippen molar-refractivity contribution in [2.24, 2.45) is 10.8 Å². The van der Waals surface area contributed by atoms with Crippen molar-refractivity contribution < 1.29 is 8.83 Å². The third-order valence-corrected chi connectivity index (χ3v) is 16.1. The molecule has 0 aliphatic heterocycles. The van der Waals surface area contributed by atoms with Gasteiger partial charge in [-0.3, -0.25) is 0 Å². The molecule has 0 fully saturated rings. The summed E-state index contributed by atoms with van der Waals surface area (Å²) < 4.78 is 13.1. The van der Waals surface area contributed by atoms with Crippen LogP contribution in [0.4, 0.5) is 34.1 Å². The van der Waals surface area contributed by atoms with Gasteiger partial charge in [-0.25, -0.2) is 0 Å². The van der Waals surface area contributed by atoms with E-state index in [0.717, 1.165) is 78.0 Å². The highest BCUT2D eigenvalue weighted by Gasteiger charge is 2.59. The van der Waals surface area contributed by atoms with Gasteiger partial charge in [0.2, 0.25) is 0 Å². The van der Waals surface area contributed by atoms with Crippen LogP contribution in [0.3, 0.4) is 0 Å². The van der Waals surface area contributed by atoms with E-state index in [4.69, 9.17) is 8.83 Å². The van der Waals surface area contributed by atoms with Gasteiger partial charge < -0.3 is 18.6 Å². The summed E-state index contributed by atoms with van der Waals surface area (Å²) in [5, 5.41) is 11.9. The second-order valence-electron chi connectivity index (χ2n) is 22.0. The van der Waals surface area contributed by atoms with Crippen molar-refractivity contribution in [3.8, 4) is 11.1 Å². The summed E-state index contributed by atoms with van der Waals surface area (Å²) in [5.41, 5.74) is 14.4. The molecule has 1 aliphatic rings. The average Bonchev–Trinajstić information content (AvgIpc) is 4.08. The minimum Gasteiger partial charge on any atom is -0.456 e. The molecule has 2 aromatic heterocycles. The zero-order valence-corrected chi connectivity index (χ0v) is 42.0. The lowest BCUT2D eigenvalue weighted by molar-refractivity contribution is 0.0965. The Kier molecular flexibility index (Phi) is 9.29. The van der Waals surface area contributed by atoms with E-state index >= 15 is 0 Å². The standard InChI is InChI=1S/C69H54N2O2/c1-67(2,3)69(68(4,5)6)58-42-59(71(44-23-11-8-12-24-44)47-34-37-53-51-28-18-20-32-61(51)73-63(53)41-47)49-26-14-16-30-55(49)64(58)65-54-29-15-13-25-48(54)57-39-45(35-38-56(57)66(65)69)70(43-21-9-7-10-22-43)46-33-36-52-50-27-17-19-31-60(50)72-62(52)40-46/h7-42H,1-6H3. The van der Waals surface area contributed by atoms with E-state index in [9.17, 15) is 0 Å². The van der Waals surface area contributed by atoms with Gasteiger partial charge in [0.15, 0.2) is 0 Å². The minimum atomic E-state index is -0.482. The van der Waals surface area contributed by atoms with Crippen LogP contribution in [0.1, 0.15) is 52.7 Å². The van der Waals surface area contributed by atoms with E-state index in [2.05, 4.69) is 258 Å². The Labute approximate surface area is 425 Å². The number of fused-ring (bicyclic) bond motifs is 16. The molecule has 0 radical (unpaired) electrons. The van der Waals surface area contributed by atoms with Gasteiger partial charge >= 0.3 is 0 Å². The number of benzene rings is 11. The number of nitrogens with zero attached hydrogens (tertiary/aromatic N) is 2. The maximum atomic E-state index is 6.59. The first-order valence-electron chi connectivity index (χ1n) is 25.6. The number of anilines is 6. The van der Waals surface area contributed by atoms with E-state index in [1.807, 2.05) is 12.1 Å². The fourth-order valence-electron chi connectivity index (χ4n) is 13.6. The van der Waals surface area contributed by atoms with Crippen molar-refractivity contribution >= 4 is 110 Å². The van der Waals surface area contributed by atoms with E-state index in [1.54, 1.807) is 0 Å². The predicted molar refractivity (Wildman–Crippen MR) is 308 cm³/mol. The van der Waals surface area contributed by atoms with Gasteiger partial charge in [-0.2, -0.15) is 0 Å².